The van der Waals surface area contributed by atoms with E-state index in [1.54, 1.807) is 11.8 Å². The van der Waals surface area contributed by atoms with Crippen molar-refractivity contribution in [1.82, 2.24) is 4.90 Å². The molecule has 0 aliphatic carbocycles. The van der Waals surface area contributed by atoms with Gasteiger partial charge in [0.1, 0.15) is 0 Å². The maximum Gasteiger partial charge on any atom is 0.238 e. The molecule has 2 aromatic carbocycles. The third-order valence-corrected chi connectivity index (χ3v) is 5.24. The summed E-state index contributed by atoms with van der Waals surface area (Å²) in [4.78, 5) is 15.9. The molecule has 1 fully saturated rings. The average molecular weight is 340 g/mol. The third kappa shape index (κ3) is 4.62. The van der Waals surface area contributed by atoms with E-state index in [1.165, 1.54) is 18.4 Å². The molecule has 24 heavy (non-hydrogen) atoms. The van der Waals surface area contributed by atoms with Crippen LogP contribution in [0.4, 0.5) is 5.69 Å². The van der Waals surface area contributed by atoms with Gasteiger partial charge in [-0.05, 0) is 55.8 Å². The van der Waals surface area contributed by atoms with Crippen molar-refractivity contribution in [1.29, 1.82) is 0 Å². The molecule has 1 amide bonds. The highest BCUT2D eigenvalue weighted by Crippen LogP contribution is 2.22. The van der Waals surface area contributed by atoms with Crippen LogP contribution in [0.3, 0.4) is 0 Å². The summed E-state index contributed by atoms with van der Waals surface area (Å²) in [5.74, 6) is 0.0771. The SMILES string of the molecule is CSc1cccc(NC(=O)CN2CCCC2Cc2ccccc2)c1. The van der Waals surface area contributed by atoms with E-state index in [-0.39, 0.29) is 5.91 Å². The molecule has 1 saturated heterocycles. The van der Waals surface area contributed by atoms with Crippen molar-refractivity contribution in [3.63, 3.8) is 0 Å². The fourth-order valence-corrected chi connectivity index (χ4v) is 3.77. The molecule has 1 atom stereocenters. The molecular formula is C20H24N2OS. The first-order valence-electron chi connectivity index (χ1n) is 8.46. The highest BCUT2D eigenvalue weighted by Gasteiger charge is 2.26. The minimum atomic E-state index is 0.0771. The maximum atomic E-state index is 12.4. The number of amides is 1. The van der Waals surface area contributed by atoms with Crippen molar-refractivity contribution in [3.05, 3.63) is 60.2 Å². The van der Waals surface area contributed by atoms with Gasteiger partial charge >= 0.3 is 0 Å². The number of anilines is 1. The summed E-state index contributed by atoms with van der Waals surface area (Å²) in [7, 11) is 0. The van der Waals surface area contributed by atoms with Gasteiger partial charge < -0.3 is 5.32 Å². The number of nitrogens with zero attached hydrogens (tertiary/aromatic N) is 1. The molecule has 126 valence electrons. The van der Waals surface area contributed by atoms with Gasteiger partial charge in [0.25, 0.3) is 0 Å². The van der Waals surface area contributed by atoms with Crippen LogP contribution in [0.5, 0.6) is 0 Å². The van der Waals surface area contributed by atoms with Crippen LogP contribution in [0.2, 0.25) is 0 Å². The zero-order chi connectivity index (χ0) is 16.8. The molecule has 0 saturated carbocycles. The molecular weight excluding hydrogens is 316 g/mol. The van der Waals surface area contributed by atoms with Gasteiger partial charge in [-0.1, -0.05) is 36.4 Å². The second-order valence-corrected chi connectivity index (χ2v) is 7.12. The van der Waals surface area contributed by atoms with Crippen LogP contribution in [0.15, 0.2) is 59.5 Å². The third-order valence-electron chi connectivity index (χ3n) is 4.51. The summed E-state index contributed by atoms with van der Waals surface area (Å²) in [5.41, 5.74) is 2.23. The fraction of sp³-hybridized carbons (Fsp3) is 0.350. The van der Waals surface area contributed by atoms with Crippen LogP contribution in [-0.4, -0.2) is 36.2 Å². The molecule has 3 nitrogen and oxygen atoms in total. The van der Waals surface area contributed by atoms with Gasteiger partial charge in [-0.2, -0.15) is 0 Å². The van der Waals surface area contributed by atoms with E-state index >= 15 is 0 Å². The second kappa shape index (κ2) is 8.36. The standard InChI is InChI=1S/C20H24N2OS/c1-24-19-11-5-9-17(14-19)21-20(23)15-22-12-6-10-18(22)13-16-7-3-2-4-8-16/h2-5,7-9,11,14,18H,6,10,12-13,15H2,1H3,(H,21,23). The Kier molecular flexibility index (Phi) is 5.94. The van der Waals surface area contributed by atoms with E-state index in [2.05, 4.69) is 40.5 Å². The van der Waals surface area contributed by atoms with Crippen LogP contribution < -0.4 is 5.32 Å². The van der Waals surface area contributed by atoms with Crippen LogP contribution in [0.1, 0.15) is 18.4 Å². The van der Waals surface area contributed by atoms with E-state index in [4.69, 9.17) is 0 Å². The molecule has 1 N–H and O–H groups in total. The van der Waals surface area contributed by atoms with Gasteiger partial charge in [-0.25, -0.2) is 0 Å². The summed E-state index contributed by atoms with van der Waals surface area (Å²) in [6.45, 7) is 1.48. The molecule has 1 unspecified atom stereocenters. The molecule has 0 bridgehead atoms. The minimum Gasteiger partial charge on any atom is -0.325 e. The molecule has 1 aliphatic rings. The fourth-order valence-electron chi connectivity index (χ4n) is 3.31. The predicted octanol–water partition coefficient (Wildman–Crippen LogP) is 4.05. The van der Waals surface area contributed by atoms with Gasteiger partial charge in [0.15, 0.2) is 0 Å². The highest BCUT2D eigenvalue weighted by molar-refractivity contribution is 7.98. The van der Waals surface area contributed by atoms with Gasteiger partial charge in [-0.15, -0.1) is 11.8 Å². The Morgan fingerprint density at radius 2 is 2.04 bits per heavy atom. The molecule has 1 heterocycles. The Morgan fingerprint density at radius 3 is 2.83 bits per heavy atom. The van der Waals surface area contributed by atoms with Crippen LogP contribution in [0, 0.1) is 0 Å². The Balaban J connectivity index is 1.56. The van der Waals surface area contributed by atoms with Crippen molar-refractivity contribution >= 4 is 23.4 Å². The van der Waals surface area contributed by atoms with Crippen molar-refractivity contribution in [2.24, 2.45) is 0 Å². The lowest BCUT2D eigenvalue weighted by Crippen LogP contribution is -2.37. The first-order chi connectivity index (χ1) is 11.7. The molecule has 1 aliphatic heterocycles. The smallest absolute Gasteiger partial charge is 0.238 e. The lowest BCUT2D eigenvalue weighted by Gasteiger charge is -2.24. The van der Waals surface area contributed by atoms with Crippen LogP contribution >= 0.6 is 11.8 Å². The second-order valence-electron chi connectivity index (χ2n) is 6.24. The largest absolute Gasteiger partial charge is 0.325 e. The Bertz CT molecular complexity index is 674. The number of thioether (sulfide) groups is 1. The predicted molar refractivity (Wildman–Crippen MR) is 102 cm³/mol. The lowest BCUT2D eigenvalue weighted by atomic mass is 10.0. The Hall–Kier alpha value is -1.78. The van der Waals surface area contributed by atoms with Gasteiger partial charge in [0, 0.05) is 16.6 Å². The first-order valence-corrected chi connectivity index (χ1v) is 9.69. The molecule has 2 aromatic rings. The van der Waals surface area contributed by atoms with Crippen molar-refractivity contribution in [2.75, 3.05) is 24.7 Å². The quantitative estimate of drug-likeness (QED) is 0.805. The summed E-state index contributed by atoms with van der Waals surface area (Å²) in [6.07, 6.45) is 5.41. The maximum absolute atomic E-state index is 12.4. The van der Waals surface area contributed by atoms with Crippen LogP contribution in [0.25, 0.3) is 0 Å². The Morgan fingerprint density at radius 1 is 1.21 bits per heavy atom. The molecule has 0 spiro atoms. The lowest BCUT2D eigenvalue weighted by molar-refractivity contribution is -0.117. The average Bonchev–Trinajstić information content (AvgIpc) is 3.02. The minimum absolute atomic E-state index is 0.0771. The summed E-state index contributed by atoms with van der Waals surface area (Å²) < 4.78 is 0. The molecule has 0 radical (unpaired) electrons. The Labute approximate surface area is 148 Å². The van der Waals surface area contributed by atoms with E-state index in [0.29, 0.717) is 12.6 Å². The number of nitrogens with one attached hydrogen (secondary N) is 1. The van der Waals surface area contributed by atoms with Crippen molar-refractivity contribution < 1.29 is 4.79 Å². The van der Waals surface area contributed by atoms with E-state index in [9.17, 15) is 4.79 Å². The number of rotatable bonds is 6. The van der Waals surface area contributed by atoms with Gasteiger partial charge in [-0.3, -0.25) is 9.69 Å². The zero-order valence-corrected chi connectivity index (χ0v) is 14.9. The summed E-state index contributed by atoms with van der Waals surface area (Å²) >= 11 is 1.68. The number of likely N-dealkylation sites (tertiary alicyclic amines) is 1. The number of carbonyl (C=O) groups excluding carboxylic acids is 1. The number of benzene rings is 2. The molecule has 4 heteroatoms. The molecule has 0 aromatic heterocycles. The topological polar surface area (TPSA) is 32.3 Å². The summed E-state index contributed by atoms with van der Waals surface area (Å²) in [5, 5.41) is 3.03. The van der Waals surface area contributed by atoms with E-state index < -0.39 is 0 Å². The van der Waals surface area contributed by atoms with Crippen molar-refractivity contribution in [3.8, 4) is 0 Å². The summed E-state index contributed by atoms with van der Waals surface area (Å²) in [6, 6.07) is 19.0. The van der Waals surface area contributed by atoms with E-state index in [0.717, 1.165) is 23.5 Å². The van der Waals surface area contributed by atoms with E-state index in [1.807, 2.05) is 30.5 Å². The number of hydrogen-bond acceptors (Lipinski definition) is 3. The normalized spacial score (nSPS) is 17.8. The highest BCUT2D eigenvalue weighted by atomic mass is 32.2. The van der Waals surface area contributed by atoms with Gasteiger partial charge in [0.05, 0.1) is 6.54 Å². The van der Waals surface area contributed by atoms with Crippen LogP contribution in [-0.2, 0) is 11.2 Å². The van der Waals surface area contributed by atoms with Gasteiger partial charge in [0.2, 0.25) is 5.91 Å². The molecule has 3 rings (SSSR count). The zero-order valence-electron chi connectivity index (χ0n) is 14.1. The first kappa shape index (κ1) is 17.1. The number of carbonyl (C=O) groups is 1. The number of hydrogen-bond donors (Lipinski definition) is 1. The van der Waals surface area contributed by atoms with Crippen molar-refractivity contribution in [2.45, 2.75) is 30.2 Å². The monoisotopic (exact) mass is 340 g/mol.